The van der Waals surface area contributed by atoms with E-state index in [1.54, 1.807) is 0 Å². The minimum absolute atomic E-state index is 0.0751. The van der Waals surface area contributed by atoms with Crippen LogP contribution in [-0.2, 0) is 19.1 Å². The predicted octanol–water partition coefficient (Wildman–Crippen LogP) is 14.2. The average Bonchev–Trinajstić information content (AvgIpc) is 3.15. The van der Waals surface area contributed by atoms with Crippen molar-refractivity contribution in [3.05, 3.63) is 48.6 Å². The number of hydrogen-bond donors (Lipinski definition) is 1. The molecule has 0 saturated carbocycles. The van der Waals surface area contributed by atoms with Gasteiger partial charge in [-0.3, -0.25) is 9.59 Å². The van der Waals surface area contributed by atoms with Gasteiger partial charge in [0.05, 0.1) is 6.61 Å². The number of carbonyl (C=O) groups excluding carboxylic acids is 2. The van der Waals surface area contributed by atoms with E-state index in [2.05, 4.69) is 62.5 Å². The molecule has 0 heterocycles. The Morgan fingerprint density at radius 1 is 0.442 bits per heavy atom. The zero-order valence-corrected chi connectivity index (χ0v) is 34.3. The van der Waals surface area contributed by atoms with E-state index in [4.69, 9.17) is 9.47 Å². The van der Waals surface area contributed by atoms with Crippen LogP contribution in [0.3, 0.4) is 0 Å². The maximum atomic E-state index is 12.2. The van der Waals surface area contributed by atoms with Gasteiger partial charge in [0.15, 0.2) is 6.10 Å². The quantitative estimate of drug-likeness (QED) is 0.0386. The topological polar surface area (TPSA) is 72.8 Å². The van der Waals surface area contributed by atoms with Crippen LogP contribution in [0.25, 0.3) is 0 Å². The highest BCUT2D eigenvalue weighted by Crippen LogP contribution is 2.14. The molecule has 0 aliphatic heterocycles. The Balaban J connectivity index is 3.55. The molecule has 0 unspecified atom stereocenters. The first-order chi connectivity index (χ1) is 25.6. The van der Waals surface area contributed by atoms with Crippen molar-refractivity contribution in [2.24, 2.45) is 0 Å². The third kappa shape index (κ3) is 40.6. The molecule has 0 aromatic carbocycles. The highest BCUT2D eigenvalue weighted by molar-refractivity contribution is 5.70. The van der Waals surface area contributed by atoms with Crippen LogP contribution in [0, 0.1) is 0 Å². The first-order valence-electron chi connectivity index (χ1n) is 22.2. The van der Waals surface area contributed by atoms with Gasteiger partial charge in [0.1, 0.15) is 6.61 Å². The molecule has 0 fully saturated rings. The Morgan fingerprint density at radius 2 is 0.769 bits per heavy atom. The third-order valence-electron chi connectivity index (χ3n) is 9.60. The Kier molecular flexibility index (Phi) is 41.5. The Labute approximate surface area is 322 Å². The summed E-state index contributed by atoms with van der Waals surface area (Å²) in [6.45, 7) is 4.10. The van der Waals surface area contributed by atoms with Crippen LogP contribution in [0.4, 0.5) is 0 Å². The zero-order chi connectivity index (χ0) is 37.8. The van der Waals surface area contributed by atoms with Crippen molar-refractivity contribution >= 4 is 11.9 Å². The average molecular weight is 729 g/mol. The molecule has 52 heavy (non-hydrogen) atoms. The van der Waals surface area contributed by atoms with Gasteiger partial charge < -0.3 is 14.6 Å². The van der Waals surface area contributed by atoms with Crippen molar-refractivity contribution in [2.45, 2.75) is 225 Å². The molecule has 1 N–H and O–H groups in total. The summed E-state index contributed by atoms with van der Waals surface area (Å²) in [6, 6.07) is 0. The minimum atomic E-state index is -0.783. The second-order valence-electron chi connectivity index (χ2n) is 14.8. The van der Waals surface area contributed by atoms with Crippen LogP contribution in [0.2, 0.25) is 0 Å². The molecule has 5 nitrogen and oxygen atoms in total. The van der Waals surface area contributed by atoms with Crippen LogP contribution in [0.1, 0.15) is 219 Å². The van der Waals surface area contributed by atoms with Crippen LogP contribution in [0.15, 0.2) is 48.6 Å². The molecular weight excluding hydrogens is 645 g/mol. The molecule has 0 spiro atoms. The Morgan fingerprint density at radius 3 is 1.21 bits per heavy atom. The lowest BCUT2D eigenvalue weighted by atomic mass is 10.0. The molecule has 0 amide bonds. The minimum Gasteiger partial charge on any atom is -0.462 e. The monoisotopic (exact) mass is 729 g/mol. The van der Waals surface area contributed by atoms with E-state index in [9.17, 15) is 14.7 Å². The number of allylic oxidation sites excluding steroid dienone is 8. The van der Waals surface area contributed by atoms with Crippen molar-refractivity contribution in [1.29, 1.82) is 0 Å². The SMILES string of the molecule is CCCCC/C=C/C/C=C/C/C=C/CCCCCCC(=O)O[C@@H](CO)COC(=O)CCCCCCCCCCCCC/C=C/CCCCCCCC. The number of hydrogen-bond acceptors (Lipinski definition) is 5. The molecule has 0 bridgehead atoms. The lowest BCUT2D eigenvalue weighted by Crippen LogP contribution is -2.28. The number of unbranched alkanes of at least 4 members (excludes halogenated alkanes) is 24. The zero-order valence-electron chi connectivity index (χ0n) is 34.3. The Hall–Kier alpha value is -2.14. The van der Waals surface area contributed by atoms with Crippen molar-refractivity contribution in [1.82, 2.24) is 0 Å². The van der Waals surface area contributed by atoms with Crippen molar-refractivity contribution < 1.29 is 24.2 Å². The smallest absolute Gasteiger partial charge is 0.306 e. The molecule has 302 valence electrons. The summed E-state index contributed by atoms with van der Waals surface area (Å²) in [7, 11) is 0. The second kappa shape index (κ2) is 43.3. The van der Waals surface area contributed by atoms with E-state index in [0.29, 0.717) is 12.8 Å². The van der Waals surface area contributed by atoms with Gasteiger partial charge in [-0.25, -0.2) is 0 Å². The highest BCUT2D eigenvalue weighted by atomic mass is 16.6. The maximum absolute atomic E-state index is 12.2. The van der Waals surface area contributed by atoms with Gasteiger partial charge in [0, 0.05) is 12.8 Å². The first kappa shape index (κ1) is 49.9. The van der Waals surface area contributed by atoms with E-state index in [1.165, 1.54) is 128 Å². The van der Waals surface area contributed by atoms with Gasteiger partial charge in [0.2, 0.25) is 0 Å². The van der Waals surface area contributed by atoms with Crippen molar-refractivity contribution in [3.8, 4) is 0 Å². The molecule has 0 aromatic heterocycles. The number of carbonyl (C=O) groups is 2. The summed E-state index contributed by atoms with van der Waals surface area (Å²) in [5.74, 6) is -0.613. The van der Waals surface area contributed by atoms with E-state index < -0.39 is 6.10 Å². The summed E-state index contributed by atoms with van der Waals surface area (Å²) in [5.41, 5.74) is 0. The molecule has 0 radical (unpaired) electrons. The number of esters is 2. The van der Waals surface area contributed by atoms with E-state index in [1.807, 2.05) is 0 Å². The highest BCUT2D eigenvalue weighted by Gasteiger charge is 2.16. The first-order valence-corrected chi connectivity index (χ1v) is 22.2. The van der Waals surface area contributed by atoms with Gasteiger partial charge in [0.25, 0.3) is 0 Å². The fourth-order valence-corrected chi connectivity index (χ4v) is 6.20. The molecule has 0 saturated heterocycles. The second-order valence-corrected chi connectivity index (χ2v) is 14.8. The standard InChI is InChI=1S/C47H84O5/c1-3-5-7-9-11-13-15-17-19-21-22-23-24-26-27-29-31-33-35-37-39-41-46(49)51-44-45(43-48)52-47(50)42-40-38-36-34-32-30-28-25-20-18-16-14-12-10-8-6-4-2/h12,14,17-20,28,30,45,48H,3-11,13,15-16,21-27,29,31-44H2,1-2H3/b14-12+,19-17+,20-18+,30-28+/t45-/m0/s1. The lowest BCUT2D eigenvalue weighted by Gasteiger charge is -2.15. The normalized spacial score (nSPS) is 12.6. The van der Waals surface area contributed by atoms with Gasteiger partial charge in [-0.1, -0.05) is 178 Å². The summed E-state index contributed by atoms with van der Waals surface area (Å²) in [4.78, 5) is 24.3. The van der Waals surface area contributed by atoms with E-state index in [0.717, 1.165) is 64.2 Å². The molecule has 0 aromatic rings. The van der Waals surface area contributed by atoms with E-state index in [-0.39, 0.29) is 25.2 Å². The fourth-order valence-electron chi connectivity index (χ4n) is 6.20. The molecular formula is C47H84O5. The van der Waals surface area contributed by atoms with Crippen LogP contribution in [0.5, 0.6) is 0 Å². The molecule has 0 aliphatic carbocycles. The predicted molar refractivity (Wildman–Crippen MR) is 224 cm³/mol. The number of ether oxygens (including phenoxy) is 2. The fraction of sp³-hybridized carbons (Fsp3) is 0.787. The molecule has 5 heteroatoms. The molecule has 1 atom stereocenters. The van der Waals surface area contributed by atoms with Crippen LogP contribution >= 0.6 is 0 Å². The number of aliphatic hydroxyl groups is 1. The van der Waals surface area contributed by atoms with Gasteiger partial charge >= 0.3 is 11.9 Å². The van der Waals surface area contributed by atoms with Crippen molar-refractivity contribution in [3.63, 3.8) is 0 Å². The lowest BCUT2D eigenvalue weighted by molar-refractivity contribution is -0.161. The summed E-state index contributed by atoms with van der Waals surface area (Å²) < 4.78 is 10.6. The summed E-state index contributed by atoms with van der Waals surface area (Å²) >= 11 is 0. The van der Waals surface area contributed by atoms with Crippen LogP contribution < -0.4 is 0 Å². The van der Waals surface area contributed by atoms with E-state index >= 15 is 0 Å². The maximum Gasteiger partial charge on any atom is 0.306 e. The van der Waals surface area contributed by atoms with Gasteiger partial charge in [-0.2, -0.15) is 0 Å². The largest absolute Gasteiger partial charge is 0.462 e. The van der Waals surface area contributed by atoms with Gasteiger partial charge in [-0.15, -0.1) is 0 Å². The van der Waals surface area contributed by atoms with Crippen LogP contribution in [-0.4, -0.2) is 36.4 Å². The number of rotatable bonds is 40. The summed E-state index contributed by atoms with van der Waals surface area (Å²) in [6.07, 6.45) is 54.7. The van der Waals surface area contributed by atoms with Gasteiger partial charge in [-0.05, 0) is 77.0 Å². The number of aliphatic hydroxyl groups excluding tert-OH is 1. The van der Waals surface area contributed by atoms with Crippen molar-refractivity contribution in [2.75, 3.05) is 13.2 Å². The third-order valence-corrected chi connectivity index (χ3v) is 9.60. The Bertz CT molecular complexity index is 873. The molecule has 0 aliphatic rings. The molecule has 0 rings (SSSR count). The summed E-state index contributed by atoms with van der Waals surface area (Å²) in [5, 5.41) is 9.58.